The van der Waals surface area contributed by atoms with Crippen LogP contribution in [0.1, 0.15) is 69.3 Å². The minimum Gasteiger partial charge on any atom is -0.507 e. The smallest absolute Gasteiger partial charge is 0.300 e. The number of benzene rings is 3. The molecule has 1 atom stereocenters. The molecule has 0 saturated carbocycles. The number of Topliss-reactive ketones (excluding diaryl/α,β-unsaturated/α-hetero) is 1. The van der Waals surface area contributed by atoms with E-state index in [2.05, 4.69) is 27.7 Å². The first-order valence-corrected chi connectivity index (χ1v) is 12.9. The molecule has 0 bridgehead atoms. The van der Waals surface area contributed by atoms with Crippen molar-refractivity contribution in [2.24, 2.45) is 0 Å². The molecule has 1 heterocycles. The van der Waals surface area contributed by atoms with Crippen LogP contribution in [0.5, 0.6) is 5.75 Å². The maximum atomic E-state index is 13.4. The van der Waals surface area contributed by atoms with Gasteiger partial charge < -0.3 is 9.84 Å². The summed E-state index contributed by atoms with van der Waals surface area (Å²) in [4.78, 5) is 28.3. The van der Waals surface area contributed by atoms with Gasteiger partial charge in [0.1, 0.15) is 11.5 Å². The van der Waals surface area contributed by atoms with E-state index in [1.165, 1.54) is 4.90 Å². The number of nitrogens with zero attached hydrogens (tertiary/aromatic N) is 1. The minimum absolute atomic E-state index is 0.0465. The van der Waals surface area contributed by atoms with Gasteiger partial charge in [-0.3, -0.25) is 14.5 Å². The summed E-state index contributed by atoms with van der Waals surface area (Å²) in [6.45, 7) is 11.1. The van der Waals surface area contributed by atoms with Crippen molar-refractivity contribution in [3.05, 3.63) is 101 Å². The number of amides is 1. The topological polar surface area (TPSA) is 66.8 Å². The van der Waals surface area contributed by atoms with Gasteiger partial charge >= 0.3 is 0 Å². The van der Waals surface area contributed by atoms with Crippen LogP contribution in [0.4, 0.5) is 5.69 Å². The Morgan fingerprint density at radius 1 is 0.892 bits per heavy atom. The molecule has 1 aliphatic rings. The van der Waals surface area contributed by atoms with Crippen molar-refractivity contribution in [2.45, 2.75) is 58.9 Å². The van der Waals surface area contributed by atoms with E-state index in [1.54, 1.807) is 24.3 Å². The van der Waals surface area contributed by atoms with Gasteiger partial charge in [0.15, 0.2) is 0 Å². The van der Waals surface area contributed by atoms with Crippen molar-refractivity contribution < 1.29 is 19.4 Å². The highest BCUT2D eigenvalue weighted by Crippen LogP contribution is 2.42. The first-order chi connectivity index (χ1) is 17.7. The quantitative estimate of drug-likeness (QED) is 0.218. The molecule has 0 aromatic heterocycles. The lowest BCUT2D eigenvalue weighted by atomic mass is 9.87. The second kappa shape index (κ2) is 10.6. The SMILES string of the molecule is CCCOc1ccc(/C(O)=C2\C(=O)C(=O)N(c3ccc(C(C)(C)C)cc3)C2c2ccc(CC)cc2)cc1. The van der Waals surface area contributed by atoms with Gasteiger partial charge in [-0.2, -0.15) is 0 Å². The predicted molar refractivity (Wildman–Crippen MR) is 148 cm³/mol. The molecule has 192 valence electrons. The molecule has 0 radical (unpaired) electrons. The number of ketones is 1. The molecular weight excluding hydrogens is 462 g/mol. The molecule has 1 unspecified atom stereocenters. The Hall–Kier alpha value is -3.86. The zero-order chi connectivity index (χ0) is 26.7. The minimum atomic E-state index is -0.748. The fraction of sp³-hybridized carbons (Fsp3) is 0.312. The van der Waals surface area contributed by atoms with E-state index in [1.807, 2.05) is 55.5 Å². The van der Waals surface area contributed by atoms with Crippen LogP contribution in [0.25, 0.3) is 5.76 Å². The molecule has 5 heteroatoms. The summed E-state index contributed by atoms with van der Waals surface area (Å²) in [5, 5.41) is 11.4. The number of rotatable bonds is 7. The van der Waals surface area contributed by atoms with Gasteiger partial charge in [0.05, 0.1) is 18.2 Å². The number of hydrogen-bond donors (Lipinski definition) is 1. The summed E-state index contributed by atoms with van der Waals surface area (Å²) in [6, 6.07) is 21.8. The molecule has 0 spiro atoms. The largest absolute Gasteiger partial charge is 0.507 e. The predicted octanol–water partition coefficient (Wildman–Crippen LogP) is 6.96. The van der Waals surface area contributed by atoms with Crippen molar-refractivity contribution in [3.63, 3.8) is 0 Å². The summed E-state index contributed by atoms with van der Waals surface area (Å²) < 4.78 is 5.65. The third kappa shape index (κ3) is 5.31. The van der Waals surface area contributed by atoms with Gasteiger partial charge in [-0.05, 0) is 71.3 Å². The summed E-state index contributed by atoms with van der Waals surface area (Å²) in [7, 11) is 0. The van der Waals surface area contributed by atoms with Crippen LogP contribution in [0, 0.1) is 0 Å². The van der Waals surface area contributed by atoms with Gasteiger partial charge in [0.25, 0.3) is 11.7 Å². The van der Waals surface area contributed by atoms with E-state index in [-0.39, 0.29) is 16.7 Å². The lowest BCUT2D eigenvalue weighted by Crippen LogP contribution is -2.29. The Labute approximate surface area is 219 Å². The standard InChI is InChI=1S/C32H35NO4/c1-6-20-37-26-18-12-23(13-19-26)29(34)27-28(22-10-8-21(7-2)9-11-22)33(31(36)30(27)35)25-16-14-24(15-17-25)32(3,4)5/h8-19,28,34H,6-7,20H2,1-5H3/b29-27+. The first-order valence-electron chi connectivity index (χ1n) is 12.9. The molecule has 3 aromatic carbocycles. The second-order valence-corrected chi connectivity index (χ2v) is 10.4. The van der Waals surface area contributed by atoms with Crippen LogP contribution in [-0.4, -0.2) is 23.4 Å². The molecule has 5 nitrogen and oxygen atoms in total. The number of anilines is 1. The van der Waals surface area contributed by atoms with E-state index in [0.29, 0.717) is 23.6 Å². The number of aliphatic hydroxyl groups is 1. The van der Waals surface area contributed by atoms with Crippen molar-refractivity contribution >= 4 is 23.1 Å². The zero-order valence-corrected chi connectivity index (χ0v) is 22.2. The molecule has 1 N–H and O–H groups in total. The van der Waals surface area contributed by atoms with Gasteiger partial charge in [-0.1, -0.05) is 71.0 Å². The fourth-order valence-corrected chi connectivity index (χ4v) is 4.56. The molecule has 1 amide bonds. The van der Waals surface area contributed by atoms with E-state index in [9.17, 15) is 14.7 Å². The van der Waals surface area contributed by atoms with E-state index in [0.717, 1.165) is 29.5 Å². The Morgan fingerprint density at radius 2 is 1.51 bits per heavy atom. The Balaban J connectivity index is 1.83. The normalized spacial score (nSPS) is 17.3. The highest BCUT2D eigenvalue weighted by Gasteiger charge is 2.47. The van der Waals surface area contributed by atoms with Crippen molar-refractivity contribution in [1.82, 2.24) is 0 Å². The number of carbonyl (C=O) groups is 2. The van der Waals surface area contributed by atoms with Crippen LogP contribution >= 0.6 is 0 Å². The lowest BCUT2D eigenvalue weighted by molar-refractivity contribution is -0.132. The number of aliphatic hydroxyl groups excluding tert-OH is 1. The lowest BCUT2D eigenvalue weighted by Gasteiger charge is -2.27. The third-order valence-electron chi connectivity index (χ3n) is 6.76. The van der Waals surface area contributed by atoms with Crippen molar-refractivity contribution in [3.8, 4) is 5.75 Å². The van der Waals surface area contributed by atoms with Gasteiger partial charge in [0.2, 0.25) is 0 Å². The summed E-state index contributed by atoms with van der Waals surface area (Å²) in [5.74, 6) is -0.867. The van der Waals surface area contributed by atoms with Gasteiger partial charge in [-0.15, -0.1) is 0 Å². The first kappa shape index (κ1) is 26.2. The Bertz CT molecular complexity index is 1300. The van der Waals surface area contributed by atoms with Crippen LogP contribution in [0.15, 0.2) is 78.4 Å². The molecular formula is C32H35NO4. The van der Waals surface area contributed by atoms with E-state index >= 15 is 0 Å². The van der Waals surface area contributed by atoms with E-state index in [4.69, 9.17) is 4.74 Å². The zero-order valence-electron chi connectivity index (χ0n) is 22.2. The molecule has 1 aliphatic heterocycles. The third-order valence-corrected chi connectivity index (χ3v) is 6.76. The Morgan fingerprint density at radius 3 is 2.05 bits per heavy atom. The summed E-state index contributed by atoms with van der Waals surface area (Å²) in [6.07, 6.45) is 1.76. The van der Waals surface area contributed by atoms with Crippen molar-refractivity contribution in [2.75, 3.05) is 11.5 Å². The molecule has 1 fully saturated rings. The summed E-state index contributed by atoms with van der Waals surface area (Å²) in [5.41, 5.74) is 4.15. The molecule has 1 saturated heterocycles. The molecule has 3 aromatic rings. The van der Waals surface area contributed by atoms with Crippen molar-refractivity contribution in [1.29, 1.82) is 0 Å². The summed E-state index contributed by atoms with van der Waals surface area (Å²) >= 11 is 0. The maximum absolute atomic E-state index is 13.4. The second-order valence-electron chi connectivity index (χ2n) is 10.4. The number of ether oxygens (including phenoxy) is 1. The van der Waals surface area contributed by atoms with Gasteiger partial charge in [0, 0.05) is 11.3 Å². The average Bonchev–Trinajstić information content (AvgIpc) is 3.17. The highest BCUT2D eigenvalue weighted by atomic mass is 16.5. The van der Waals surface area contributed by atoms with Crippen LogP contribution < -0.4 is 9.64 Å². The average molecular weight is 498 g/mol. The number of carbonyl (C=O) groups excluding carboxylic acids is 2. The fourth-order valence-electron chi connectivity index (χ4n) is 4.56. The van der Waals surface area contributed by atoms with Crippen LogP contribution in [0.2, 0.25) is 0 Å². The Kier molecular flexibility index (Phi) is 7.53. The highest BCUT2D eigenvalue weighted by molar-refractivity contribution is 6.51. The molecule has 0 aliphatic carbocycles. The molecule has 37 heavy (non-hydrogen) atoms. The van der Waals surface area contributed by atoms with Gasteiger partial charge in [-0.25, -0.2) is 0 Å². The maximum Gasteiger partial charge on any atom is 0.300 e. The monoisotopic (exact) mass is 497 g/mol. The number of hydrogen-bond acceptors (Lipinski definition) is 4. The molecule has 4 rings (SSSR count). The van der Waals surface area contributed by atoms with Crippen LogP contribution in [0.3, 0.4) is 0 Å². The van der Waals surface area contributed by atoms with E-state index < -0.39 is 17.7 Å². The van der Waals surface area contributed by atoms with Crippen LogP contribution in [-0.2, 0) is 21.4 Å². The number of aryl methyl sites for hydroxylation is 1.